The fourth-order valence-corrected chi connectivity index (χ4v) is 6.93. The molecule has 1 fully saturated rings. The van der Waals surface area contributed by atoms with Gasteiger partial charge in [-0.25, -0.2) is 8.42 Å². The quantitative estimate of drug-likeness (QED) is 0.347. The number of hydrogen-bond acceptors (Lipinski definition) is 4. The molecule has 0 aliphatic heterocycles. The fraction of sp³-hybridized carbons (Fsp3) is 0.310. The molecule has 1 saturated carbocycles. The largest absolute Gasteiger partial charge is 0.302 e. The highest BCUT2D eigenvalue weighted by Gasteiger charge is 2.49. The van der Waals surface area contributed by atoms with Gasteiger partial charge in [-0.15, -0.1) is 0 Å². The van der Waals surface area contributed by atoms with E-state index >= 15 is 0 Å². The molecule has 0 radical (unpaired) electrons. The Labute approximate surface area is 202 Å². The van der Waals surface area contributed by atoms with Crippen molar-refractivity contribution in [1.82, 2.24) is 0 Å². The average molecular weight is 475 g/mol. The Balaban J connectivity index is 1.50. The maximum absolute atomic E-state index is 13.2. The molecule has 4 nitrogen and oxygen atoms in total. The van der Waals surface area contributed by atoms with Crippen LogP contribution in [-0.2, 0) is 37.0 Å². The SMILES string of the molecule is Cc1cc(C)c(C2(C=O)CC(Cc3ccc(CS(=O)(=O)c4ccccc4)cc3)CC2=O)c(C)c1. The first-order valence-corrected chi connectivity index (χ1v) is 13.2. The minimum Gasteiger partial charge on any atom is -0.302 e. The summed E-state index contributed by atoms with van der Waals surface area (Å²) in [5, 5.41) is 0. The van der Waals surface area contributed by atoms with Crippen LogP contribution in [0, 0.1) is 26.7 Å². The Morgan fingerprint density at radius 1 is 0.912 bits per heavy atom. The second-order valence-electron chi connectivity index (χ2n) is 9.65. The van der Waals surface area contributed by atoms with E-state index in [9.17, 15) is 18.0 Å². The second-order valence-corrected chi connectivity index (χ2v) is 11.6. The van der Waals surface area contributed by atoms with Crippen LogP contribution in [0.3, 0.4) is 0 Å². The van der Waals surface area contributed by atoms with E-state index in [1.807, 2.05) is 57.2 Å². The summed E-state index contributed by atoms with van der Waals surface area (Å²) in [6.45, 7) is 5.97. The van der Waals surface area contributed by atoms with Crippen LogP contribution in [0.2, 0.25) is 0 Å². The van der Waals surface area contributed by atoms with E-state index in [2.05, 4.69) is 0 Å². The molecule has 0 spiro atoms. The number of carbonyl (C=O) groups is 2. The molecule has 0 saturated heterocycles. The second kappa shape index (κ2) is 9.30. The Bertz CT molecular complexity index is 1300. The van der Waals surface area contributed by atoms with Crippen molar-refractivity contribution in [3.63, 3.8) is 0 Å². The Morgan fingerprint density at radius 2 is 1.50 bits per heavy atom. The zero-order valence-electron chi connectivity index (χ0n) is 19.9. The molecule has 4 rings (SSSR count). The maximum atomic E-state index is 13.2. The van der Waals surface area contributed by atoms with Gasteiger partial charge in [-0.3, -0.25) is 4.79 Å². The Morgan fingerprint density at radius 3 is 2.09 bits per heavy atom. The van der Waals surface area contributed by atoms with Gasteiger partial charge in [-0.05, 0) is 79.5 Å². The van der Waals surface area contributed by atoms with Crippen LogP contribution in [0.5, 0.6) is 0 Å². The number of hydrogen-bond donors (Lipinski definition) is 0. The highest BCUT2D eigenvalue weighted by Crippen LogP contribution is 2.44. The highest BCUT2D eigenvalue weighted by atomic mass is 32.2. The first-order chi connectivity index (χ1) is 16.1. The van der Waals surface area contributed by atoms with E-state index < -0.39 is 15.3 Å². The zero-order valence-corrected chi connectivity index (χ0v) is 20.7. The molecular weight excluding hydrogens is 444 g/mol. The van der Waals surface area contributed by atoms with E-state index in [1.54, 1.807) is 30.3 Å². The predicted molar refractivity (Wildman–Crippen MR) is 134 cm³/mol. The van der Waals surface area contributed by atoms with Crippen molar-refractivity contribution < 1.29 is 18.0 Å². The standard InChI is InChI=1S/C29H30O4S/c1-20-13-21(2)28(22(3)14-20)29(19-30)17-25(16-27(29)31)15-23-9-11-24(12-10-23)18-34(32,33)26-7-5-4-6-8-26/h4-14,19,25H,15-18H2,1-3H3. The maximum Gasteiger partial charge on any atom is 0.182 e. The van der Waals surface area contributed by atoms with Gasteiger partial charge in [0.1, 0.15) is 11.7 Å². The lowest BCUT2D eigenvalue weighted by Crippen LogP contribution is -2.34. The van der Waals surface area contributed by atoms with Gasteiger partial charge < -0.3 is 4.79 Å². The van der Waals surface area contributed by atoms with Crippen molar-refractivity contribution in [2.24, 2.45) is 5.92 Å². The lowest BCUT2D eigenvalue weighted by molar-refractivity contribution is -0.127. The number of carbonyl (C=O) groups excluding carboxylic acids is 2. The van der Waals surface area contributed by atoms with E-state index in [4.69, 9.17) is 0 Å². The molecule has 3 aromatic carbocycles. The summed E-state index contributed by atoms with van der Waals surface area (Å²) < 4.78 is 25.3. The van der Waals surface area contributed by atoms with Gasteiger partial charge in [0.15, 0.2) is 15.6 Å². The summed E-state index contributed by atoms with van der Waals surface area (Å²) in [6.07, 6.45) is 2.41. The molecule has 34 heavy (non-hydrogen) atoms. The molecule has 3 aromatic rings. The number of Topliss-reactive ketones (excluding diaryl/α,β-unsaturated/α-hetero) is 1. The molecular formula is C29H30O4S. The van der Waals surface area contributed by atoms with Crippen LogP contribution in [-0.4, -0.2) is 20.5 Å². The number of sulfone groups is 1. The van der Waals surface area contributed by atoms with Crippen LogP contribution in [0.4, 0.5) is 0 Å². The summed E-state index contributed by atoms with van der Waals surface area (Å²) in [4.78, 5) is 25.8. The Kier molecular flexibility index (Phi) is 6.59. The highest BCUT2D eigenvalue weighted by molar-refractivity contribution is 7.90. The third-order valence-electron chi connectivity index (χ3n) is 6.91. The van der Waals surface area contributed by atoms with Crippen molar-refractivity contribution in [3.8, 4) is 0 Å². The molecule has 1 aliphatic rings. The molecule has 0 N–H and O–H groups in total. The smallest absolute Gasteiger partial charge is 0.182 e. The van der Waals surface area contributed by atoms with Gasteiger partial charge in [0.25, 0.3) is 0 Å². The van der Waals surface area contributed by atoms with Crippen LogP contribution in [0.25, 0.3) is 0 Å². The number of aldehydes is 1. The van der Waals surface area contributed by atoms with Crippen molar-refractivity contribution in [2.45, 2.75) is 56.1 Å². The number of aryl methyl sites for hydroxylation is 3. The third kappa shape index (κ3) is 4.62. The van der Waals surface area contributed by atoms with Gasteiger partial charge >= 0.3 is 0 Å². The van der Waals surface area contributed by atoms with E-state index in [0.717, 1.165) is 39.7 Å². The third-order valence-corrected chi connectivity index (χ3v) is 8.62. The number of benzene rings is 3. The van der Waals surface area contributed by atoms with Crippen molar-refractivity contribution in [1.29, 1.82) is 0 Å². The van der Waals surface area contributed by atoms with Gasteiger partial charge in [-0.2, -0.15) is 0 Å². The molecule has 0 heterocycles. The molecule has 0 aromatic heterocycles. The van der Waals surface area contributed by atoms with Gasteiger partial charge in [0.2, 0.25) is 0 Å². The van der Waals surface area contributed by atoms with E-state index in [-0.39, 0.29) is 17.5 Å². The fourth-order valence-electron chi connectivity index (χ4n) is 5.56. The van der Waals surface area contributed by atoms with E-state index in [0.29, 0.717) is 24.2 Å². The molecule has 0 bridgehead atoms. The average Bonchev–Trinajstić information content (AvgIpc) is 3.10. The molecule has 5 heteroatoms. The summed E-state index contributed by atoms with van der Waals surface area (Å²) in [5.41, 5.74) is 4.65. The van der Waals surface area contributed by atoms with Crippen molar-refractivity contribution in [3.05, 3.63) is 100 Å². The Hall–Kier alpha value is -3.05. The minimum atomic E-state index is -3.40. The van der Waals surface area contributed by atoms with Gasteiger partial charge in [-0.1, -0.05) is 60.2 Å². The lowest BCUT2D eigenvalue weighted by atomic mass is 9.74. The van der Waals surface area contributed by atoms with Crippen LogP contribution in [0.1, 0.15) is 46.2 Å². The van der Waals surface area contributed by atoms with Crippen LogP contribution < -0.4 is 0 Å². The van der Waals surface area contributed by atoms with Crippen molar-refractivity contribution >= 4 is 21.9 Å². The molecule has 176 valence electrons. The zero-order chi connectivity index (χ0) is 24.5. The van der Waals surface area contributed by atoms with Gasteiger partial charge in [0, 0.05) is 6.42 Å². The topological polar surface area (TPSA) is 68.3 Å². The molecule has 2 atom stereocenters. The normalized spacial score (nSPS) is 20.4. The monoisotopic (exact) mass is 474 g/mol. The molecule has 2 unspecified atom stereocenters. The minimum absolute atomic E-state index is 0.00636. The summed E-state index contributed by atoms with van der Waals surface area (Å²) in [6, 6.07) is 20.1. The lowest BCUT2D eigenvalue weighted by Gasteiger charge is -2.26. The number of rotatable bonds is 7. The number of ketones is 1. The van der Waals surface area contributed by atoms with Gasteiger partial charge in [0.05, 0.1) is 10.6 Å². The van der Waals surface area contributed by atoms with E-state index in [1.165, 1.54) is 0 Å². The molecule has 1 aliphatic carbocycles. The summed E-state index contributed by atoms with van der Waals surface area (Å²) >= 11 is 0. The van der Waals surface area contributed by atoms with Crippen LogP contribution >= 0.6 is 0 Å². The first-order valence-electron chi connectivity index (χ1n) is 11.6. The predicted octanol–water partition coefficient (Wildman–Crippen LogP) is 5.24. The van der Waals surface area contributed by atoms with Crippen molar-refractivity contribution in [2.75, 3.05) is 0 Å². The summed E-state index contributed by atoms with van der Waals surface area (Å²) in [5.74, 6) is 0.00392. The van der Waals surface area contributed by atoms with Crippen LogP contribution in [0.15, 0.2) is 71.6 Å². The first kappa shape index (κ1) is 24.1. The molecule has 0 amide bonds. The summed E-state index contributed by atoms with van der Waals surface area (Å²) in [7, 11) is -3.40.